The van der Waals surface area contributed by atoms with Crippen LogP contribution in [0.2, 0.25) is 0 Å². The van der Waals surface area contributed by atoms with Crippen LogP contribution in [0.15, 0.2) is 54.6 Å². The zero-order valence-corrected chi connectivity index (χ0v) is 16.2. The van der Waals surface area contributed by atoms with Gasteiger partial charge in [-0.15, -0.1) is 0 Å². The maximum absolute atomic E-state index is 11.9. The standard InChI is InChI=1S/C22H27NO4/c1-15(2)20(21(25)26)23-19(24)14-27-18-12-10-17(11-13-18)22(3,4)16-8-6-5-7-9-16/h5-13,15,20H,14H2,1-4H3,(H,23,24)(H,25,26)/p-1/t20-/m1/s1. The highest BCUT2D eigenvalue weighted by Crippen LogP contribution is 2.32. The quantitative estimate of drug-likeness (QED) is 0.775. The predicted molar refractivity (Wildman–Crippen MR) is 102 cm³/mol. The Hall–Kier alpha value is -2.82. The molecule has 0 aliphatic rings. The second-order valence-electron chi connectivity index (χ2n) is 7.41. The molecule has 2 aromatic rings. The van der Waals surface area contributed by atoms with Crippen molar-refractivity contribution in [2.45, 2.75) is 39.2 Å². The van der Waals surface area contributed by atoms with Gasteiger partial charge in [-0.1, -0.05) is 70.2 Å². The molecule has 1 amide bonds. The summed E-state index contributed by atoms with van der Waals surface area (Å²) in [7, 11) is 0. The van der Waals surface area contributed by atoms with Gasteiger partial charge in [-0.2, -0.15) is 0 Å². The van der Waals surface area contributed by atoms with Crippen molar-refractivity contribution in [1.29, 1.82) is 0 Å². The van der Waals surface area contributed by atoms with Gasteiger partial charge in [0.1, 0.15) is 5.75 Å². The van der Waals surface area contributed by atoms with Crippen molar-refractivity contribution >= 4 is 11.9 Å². The third-order valence-corrected chi connectivity index (χ3v) is 4.68. The van der Waals surface area contributed by atoms with Gasteiger partial charge in [0, 0.05) is 5.41 Å². The molecule has 144 valence electrons. The number of nitrogens with one attached hydrogen (secondary N) is 1. The number of hydrogen-bond donors (Lipinski definition) is 1. The maximum atomic E-state index is 11.9. The molecule has 0 unspecified atom stereocenters. The molecule has 0 aromatic heterocycles. The number of carboxylic acid groups (broad SMARTS) is 1. The van der Waals surface area contributed by atoms with Crippen molar-refractivity contribution in [3.05, 3.63) is 65.7 Å². The largest absolute Gasteiger partial charge is 0.548 e. The molecule has 0 saturated carbocycles. The molecule has 2 rings (SSSR count). The van der Waals surface area contributed by atoms with Crippen LogP contribution in [0.4, 0.5) is 0 Å². The second kappa shape index (κ2) is 8.71. The number of ether oxygens (including phenoxy) is 1. The third-order valence-electron chi connectivity index (χ3n) is 4.68. The van der Waals surface area contributed by atoms with Crippen molar-refractivity contribution in [3.8, 4) is 5.75 Å². The Morgan fingerprint density at radius 2 is 1.56 bits per heavy atom. The molecular weight excluding hydrogens is 342 g/mol. The lowest BCUT2D eigenvalue weighted by Gasteiger charge is -2.26. The topological polar surface area (TPSA) is 78.5 Å². The number of hydrogen-bond acceptors (Lipinski definition) is 4. The highest BCUT2D eigenvalue weighted by atomic mass is 16.5. The molecule has 5 heteroatoms. The Morgan fingerprint density at radius 1 is 1.00 bits per heavy atom. The molecule has 0 radical (unpaired) electrons. The minimum atomic E-state index is -1.30. The van der Waals surface area contributed by atoms with Crippen molar-refractivity contribution < 1.29 is 19.4 Å². The van der Waals surface area contributed by atoms with E-state index in [-0.39, 0.29) is 17.9 Å². The van der Waals surface area contributed by atoms with E-state index in [9.17, 15) is 14.7 Å². The number of carboxylic acids is 1. The first-order valence-corrected chi connectivity index (χ1v) is 9.01. The van der Waals surface area contributed by atoms with Gasteiger partial charge in [-0.05, 0) is 29.2 Å². The Balaban J connectivity index is 1.98. The van der Waals surface area contributed by atoms with Crippen LogP contribution in [0.5, 0.6) is 5.75 Å². The maximum Gasteiger partial charge on any atom is 0.258 e. The zero-order chi connectivity index (χ0) is 20.0. The Kier molecular flexibility index (Phi) is 6.61. The van der Waals surface area contributed by atoms with E-state index in [1.807, 2.05) is 42.5 Å². The van der Waals surface area contributed by atoms with Crippen LogP contribution >= 0.6 is 0 Å². The molecule has 0 spiro atoms. The molecule has 0 aliphatic heterocycles. The molecule has 0 saturated heterocycles. The average molecular weight is 368 g/mol. The molecule has 1 N–H and O–H groups in total. The summed E-state index contributed by atoms with van der Waals surface area (Å²) in [5.74, 6) is -1.51. The lowest BCUT2D eigenvalue weighted by Crippen LogP contribution is -2.51. The van der Waals surface area contributed by atoms with Crippen molar-refractivity contribution in [2.75, 3.05) is 6.61 Å². The van der Waals surface area contributed by atoms with E-state index in [1.165, 1.54) is 5.56 Å². The lowest BCUT2D eigenvalue weighted by molar-refractivity contribution is -0.309. The summed E-state index contributed by atoms with van der Waals surface area (Å²) < 4.78 is 5.48. The van der Waals surface area contributed by atoms with Gasteiger partial charge in [0.15, 0.2) is 6.61 Å². The van der Waals surface area contributed by atoms with Crippen molar-refractivity contribution in [3.63, 3.8) is 0 Å². The first-order valence-electron chi connectivity index (χ1n) is 9.01. The molecular formula is C22H26NO4-. The van der Waals surface area contributed by atoms with Crippen LogP contribution in [-0.2, 0) is 15.0 Å². The van der Waals surface area contributed by atoms with E-state index in [0.717, 1.165) is 5.56 Å². The van der Waals surface area contributed by atoms with E-state index in [1.54, 1.807) is 13.8 Å². The van der Waals surface area contributed by atoms with Crippen LogP contribution in [0.1, 0.15) is 38.8 Å². The molecule has 27 heavy (non-hydrogen) atoms. The highest BCUT2D eigenvalue weighted by molar-refractivity contribution is 5.83. The smallest absolute Gasteiger partial charge is 0.258 e. The summed E-state index contributed by atoms with van der Waals surface area (Å²) in [6, 6.07) is 16.7. The van der Waals surface area contributed by atoms with Gasteiger partial charge in [-0.3, -0.25) is 4.79 Å². The summed E-state index contributed by atoms with van der Waals surface area (Å²) in [6.07, 6.45) is 0. The van der Waals surface area contributed by atoms with Crippen molar-refractivity contribution in [1.82, 2.24) is 5.32 Å². The fraction of sp³-hybridized carbons (Fsp3) is 0.364. The van der Waals surface area contributed by atoms with Crippen LogP contribution in [0.25, 0.3) is 0 Å². The van der Waals surface area contributed by atoms with E-state index in [4.69, 9.17) is 4.74 Å². The van der Waals surface area contributed by atoms with Crippen LogP contribution in [0, 0.1) is 5.92 Å². The Morgan fingerprint density at radius 3 is 2.07 bits per heavy atom. The fourth-order valence-electron chi connectivity index (χ4n) is 2.85. The normalized spacial score (nSPS) is 12.5. The highest BCUT2D eigenvalue weighted by Gasteiger charge is 2.23. The first-order chi connectivity index (χ1) is 12.7. The van der Waals surface area contributed by atoms with Gasteiger partial charge >= 0.3 is 0 Å². The van der Waals surface area contributed by atoms with Crippen molar-refractivity contribution in [2.24, 2.45) is 5.92 Å². The van der Waals surface area contributed by atoms with E-state index < -0.39 is 17.9 Å². The fourth-order valence-corrected chi connectivity index (χ4v) is 2.85. The zero-order valence-electron chi connectivity index (χ0n) is 16.2. The SMILES string of the molecule is CC(C)[C@@H](NC(=O)COc1ccc(C(C)(C)c2ccccc2)cc1)C(=O)[O-]. The monoisotopic (exact) mass is 368 g/mol. The minimum Gasteiger partial charge on any atom is -0.548 e. The average Bonchev–Trinajstić information content (AvgIpc) is 2.65. The Bertz CT molecular complexity index is 767. The molecule has 1 atom stereocenters. The van der Waals surface area contributed by atoms with Gasteiger partial charge in [-0.25, -0.2) is 0 Å². The number of amides is 1. The summed E-state index contributed by atoms with van der Waals surface area (Å²) >= 11 is 0. The molecule has 5 nitrogen and oxygen atoms in total. The van der Waals surface area contributed by atoms with E-state index in [0.29, 0.717) is 5.75 Å². The van der Waals surface area contributed by atoms with Gasteiger partial charge in [0.25, 0.3) is 5.91 Å². The van der Waals surface area contributed by atoms with Crippen LogP contribution in [0.3, 0.4) is 0 Å². The third kappa shape index (κ3) is 5.33. The number of carbonyl (C=O) groups excluding carboxylic acids is 2. The summed E-state index contributed by atoms with van der Waals surface area (Å²) in [5, 5.41) is 13.4. The molecule has 2 aromatic carbocycles. The summed E-state index contributed by atoms with van der Waals surface area (Å²) in [4.78, 5) is 23.0. The minimum absolute atomic E-state index is 0.157. The van der Waals surface area contributed by atoms with Crippen LogP contribution in [-0.4, -0.2) is 24.5 Å². The summed E-state index contributed by atoms with van der Waals surface area (Å²) in [5.41, 5.74) is 2.18. The van der Waals surface area contributed by atoms with Gasteiger partial charge in [0.2, 0.25) is 0 Å². The molecule has 0 fully saturated rings. The van der Waals surface area contributed by atoms with E-state index >= 15 is 0 Å². The molecule has 0 heterocycles. The number of carbonyl (C=O) groups is 2. The van der Waals surface area contributed by atoms with Crippen LogP contribution < -0.4 is 15.2 Å². The lowest BCUT2D eigenvalue weighted by atomic mass is 9.78. The first kappa shape index (κ1) is 20.5. The van der Waals surface area contributed by atoms with Gasteiger partial charge in [0.05, 0.1) is 12.0 Å². The van der Waals surface area contributed by atoms with E-state index in [2.05, 4.69) is 31.3 Å². The number of aliphatic carboxylic acids is 1. The predicted octanol–water partition coefficient (Wildman–Crippen LogP) is 2.28. The Labute approximate surface area is 160 Å². The number of rotatable bonds is 8. The molecule has 0 bridgehead atoms. The summed E-state index contributed by atoms with van der Waals surface area (Å²) in [6.45, 7) is 7.46. The molecule has 0 aliphatic carbocycles. The second-order valence-corrected chi connectivity index (χ2v) is 7.41. The number of benzene rings is 2. The van der Waals surface area contributed by atoms with Gasteiger partial charge < -0.3 is 20.0 Å².